The van der Waals surface area contributed by atoms with Crippen molar-refractivity contribution in [2.75, 3.05) is 36.8 Å². The summed E-state index contributed by atoms with van der Waals surface area (Å²) in [6, 6.07) is 5.73. The Kier molecular flexibility index (Phi) is 5.82. The van der Waals surface area contributed by atoms with Crippen molar-refractivity contribution in [3.63, 3.8) is 0 Å². The quantitative estimate of drug-likeness (QED) is 0.616. The number of amides is 3. The van der Waals surface area contributed by atoms with Gasteiger partial charge in [0.25, 0.3) is 5.91 Å². The molecule has 2 aromatic rings. The molecule has 0 bridgehead atoms. The number of nitriles is 1. The lowest BCUT2D eigenvalue weighted by Crippen LogP contribution is -2.52. The van der Waals surface area contributed by atoms with Gasteiger partial charge in [-0.1, -0.05) is 0 Å². The first-order valence-corrected chi connectivity index (χ1v) is 11.4. The van der Waals surface area contributed by atoms with E-state index < -0.39 is 23.7 Å². The summed E-state index contributed by atoms with van der Waals surface area (Å²) in [7, 11) is 0. The fraction of sp³-hybridized carbons (Fsp3) is 0.375. The van der Waals surface area contributed by atoms with Gasteiger partial charge in [-0.15, -0.1) is 0 Å². The number of hydrogen-bond acceptors (Lipinski definition) is 8. The number of nitrogens with two attached hydrogens (primary N) is 1. The molecule has 4 heterocycles. The summed E-state index contributed by atoms with van der Waals surface area (Å²) in [5.41, 5.74) is 8.83. The third-order valence-electron chi connectivity index (χ3n) is 6.83. The van der Waals surface area contributed by atoms with Gasteiger partial charge >= 0.3 is 0 Å². The largest absolute Gasteiger partial charge is 0.383 e. The van der Waals surface area contributed by atoms with Crippen molar-refractivity contribution in [1.29, 1.82) is 5.26 Å². The van der Waals surface area contributed by atoms with E-state index in [-0.39, 0.29) is 30.9 Å². The van der Waals surface area contributed by atoms with Gasteiger partial charge in [0.1, 0.15) is 23.7 Å². The molecule has 10 nitrogen and oxygen atoms in total. The number of carbonyl (C=O) groups excluding carboxylic acids is 3. The Morgan fingerprint density at radius 2 is 1.94 bits per heavy atom. The number of benzene rings is 1. The summed E-state index contributed by atoms with van der Waals surface area (Å²) in [6.07, 6.45) is 1.86. The van der Waals surface area contributed by atoms with Crippen LogP contribution in [-0.2, 0) is 22.7 Å². The second-order valence-corrected chi connectivity index (χ2v) is 8.99. The third kappa shape index (κ3) is 4.28. The third-order valence-corrected chi connectivity index (χ3v) is 6.83. The van der Waals surface area contributed by atoms with Crippen molar-refractivity contribution in [3.8, 4) is 6.07 Å². The Balaban J connectivity index is 1.31. The number of piperidine rings is 1. The zero-order valence-corrected chi connectivity index (χ0v) is 19.0. The van der Waals surface area contributed by atoms with Crippen molar-refractivity contribution >= 4 is 29.2 Å². The molecular formula is C24H24FN7O3. The van der Waals surface area contributed by atoms with Crippen LogP contribution >= 0.6 is 0 Å². The number of aromatic nitrogens is 1. The van der Waals surface area contributed by atoms with Crippen LogP contribution in [0.1, 0.15) is 39.9 Å². The van der Waals surface area contributed by atoms with Crippen molar-refractivity contribution in [2.45, 2.75) is 32.0 Å². The lowest BCUT2D eigenvalue weighted by Gasteiger charge is -2.37. The molecule has 3 aliphatic heterocycles. The molecule has 11 heteroatoms. The number of anilines is 2. The van der Waals surface area contributed by atoms with Crippen LogP contribution in [-0.4, -0.2) is 64.7 Å². The van der Waals surface area contributed by atoms with Crippen molar-refractivity contribution in [1.82, 2.24) is 20.1 Å². The molecule has 3 N–H and O–H groups in total. The molecule has 1 aromatic heterocycles. The van der Waals surface area contributed by atoms with Gasteiger partial charge in [0, 0.05) is 74.3 Å². The Labute approximate surface area is 201 Å². The maximum absolute atomic E-state index is 14.5. The van der Waals surface area contributed by atoms with Crippen LogP contribution in [0.3, 0.4) is 0 Å². The molecule has 180 valence electrons. The maximum Gasteiger partial charge on any atom is 0.255 e. The predicted octanol–water partition coefficient (Wildman–Crippen LogP) is 0.758. The molecular weight excluding hydrogens is 453 g/mol. The number of halogens is 1. The monoisotopic (exact) mass is 477 g/mol. The summed E-state index contributed by atoms with van der Waals surface area (Å²) < 4.78 is 14.5. The van der Waals surface area contributed by atoms with E-state index in [0.717, 1.165) is 5.56 Å². The number of nitrogens with one attached hydrogen (secondary N) is 1. The number of piperazine rings is 1. The number of rotatable bonds is 4. The standard InChI is InChI=1S/C24H24FN7O3/c25-16-8-17-18(13-32(24(17)35)19-1-2-21(33)29-23(19)34)20(9-16)31-5-3-30(4-6-31)12-15-7-14(10-26)11-28-22(15)27/h7-9,11,19H,1-6,12-13H2,(H2,27,28)(H,29,33,34). The SMILES string of the molecule is N#Cc1cnc(N)c(CN2CCN(c3cc(F)cc4c3CN(C3CCC(=O)NC3=O)C4=O)CC2)c1. The van der Waals surface area contributed by atoms with Gasteiger partial charge in [-0.2, -0.15) is 5.26 Å². The van der Waals surface area contributed by atoms with E-state index >= 15 is 0 Å². The van der Waals surface area contributed by atoms with Crippen molar-refractivity contribution < 1.29 is 18.8 Å². The minimum Gasteiger partial charge on any atom is -0.383 e. The molecule has 3 amide bonds. The first kappa shape index (κ1) is 22.7. The first-order valence-electron chi connectivity index (χ1n) is 11.4. The lowest BCUT2D eigenvalue weighted by atomic mass is 10.0. The van der Waals surface area contributed by atoms with Gasteiger partial charge in [0.15, 0.2) is 0 Å². The number of pyridine rings is 1. The molecule has 0 radical (unpaired) electrons. The van der Waals surface area contributed by atoms with Crippen molar-refractivity contribution in [2.24, 2.45) is 0 Å². The van der Waals surface area contributed by atoms with E-state index in [1.165, 1.54) is 23.2 Å². The topological polar surface area (TPSA) is 136 Å². The second kappa shape index (κ2) is 8.96. The van der Waals surface area contributed by atoms with E-state index in [0.29, 0.717) is 55.4 Å². The van der Waals surface area contributed by atoms with E-state index in [1.807, 2.05) is 4.90 Å². The van der Waals surface area contributed by atoms with Crippen LogP contribution in [0.4, 0.5) is 15.9 Å². The second-order valence-electron chi connectivity index (χ2n) is 8.99. The van der Waals surface area contributed by atoms with Crippen molar-refractivity contribution in [3.05, 3.63) is 52.5 Å². The Morgan fingerprint density at radius 1 is 1.17 bits per heavy atom. The number of nitrogen functional groups attached to an aromatic ring is 1. The van der Waals surface area contributed by atoms with Gasteiger partial charge in [-0.25, -0.2) is 9.37 Å². The molecule has 1 atom stereocenters. The molecule has 0 saturated carbocycles. The van der Waals surface area contributed by atoms with Gasteiger partial charge in [-0.05, 0) is 24.6 Å². The van der Waals surface area contributed by atoms with E-state index in [9.17, 15) is 18.8 Å². The normalized spacial score (nSPS) is 20.6. The van der Waals surface area contributed by atoms with Gasteiger partial charge < -0.3 is 15.5 Å². The number of nitrogens with zero attached hydrogens (tertiary/aromatic N) is 5. The smallest absolute Gasteiger partial charge is 0.255 e. The van der Waals surface area contributed by atoms with Gasteiger partial charge in [0.05, 0.1) is 5.56 Å². The highest BCUT2D eigenvalue weighted by molar-refractivity contribution is 6.06. The molecule has 3 aliphatic rings. The van der Waals surface area contributed by atoms with E-state index in [2.05, 4.69) is 21.3 Å². The molecule has 35 heavy (non-hydrogen) atoms. The molecule has 1 aromatic carbocycles. The van der Waals surface area contributed by atoms with Crippen LogP contribution in [0.2, 0.25) is 0 Å². The van der Waals surface area contributed by atoms with Gasteiger partial charge in [-0.3, -0.25) is 24.6 Å². The fourth-order valence-electron chi connectivity index (χ4n) is 4.99. The zero-order chi connectivity index (χ0) is 24.7. The molecule has 5 rings (SSSR count). The minimum absolute atomic E-state index is 0.164. The Hall–Kier alpha value is -4.04. The highest BCUT2D eigenvalue weighted by Crippen LogP contribution is 2.35. The van der Waals surface area contributed by atoms with Gasteiger partial charge in [0.2, 0.25) is 11.8 Å². The van der Waals surface area contributed by atoms with Crippen LogP contribution in [0, 0.1) is 17.1 Å². The summed E-state index contributed by atoms with van der Waals surface area (Å²) in [5, 5.41) is 11.4. The lowest BCUT2D eigenvalue weighted by molar-refractivity contribution is -0.136. The summed E-state index contributed by atoms with van der Waals surface area (Å²) in [5.74, 6) is -1.35. The zero-order valence-electron chi connectivity index (χ0n) is 19.0. The average Bonchev–Trinajstić information content (AvgIpc) is 3.16. The average molecular weight is 478 g/mol. The minimum atomic E-state index is -0.747. The number of hydrogen-bond donors (Lipinski definition) is 2. The highest BCUT2D eigenvalue weighted by Gasteiger charge is 2.41. The van der Waals surface area contributed by atoms with Crippen LogP contribution in [0.15, 0.2) is 24.4 Å². The molecule has 0 aliphatic carbocycles. The maximum atomic E-state index is 14.5. The molecule has 0 spiro atoms. The number of fused-ring (bicyclic) bond motifs is 1. The summed E-state index contributed by atoms with van der Waals surface area (Å²) in [4.78, 5) is 46.7. The van der Waals surface area contributed by atoms with Crippen LogP contribution in [0.25, 0.3) is 0 Å². The molecule has 2 saturated heterocycles. The summed E-state index contributed by atoms with van der Waals surface area (Å²) >= 11 is 0. The molecule has 2 fully saturated rings. The molecule has 1 unspecified atom stereocenters. The van der Waals surface area contributed by atoms with E-state index in [1.54, 1.807) is 6.07 Å². The number of imide groups is 1. The Morgan fingerprint density at radius 3 is 2.66 bits per heavy atom. The first-order chi connectivity index (χ1) is 16.8. The fourth-order valence-corrected chi connectivity index (χ4v) is 4.99. The Bertz CT molecular complexity index is 1270. The van der Waals surface area contributed by atoms with E-state index in [4.69, 9.17) is 11.0 Å². The predicted molar refractivity (Wildman–Crippen MR) is 123 cm³/mol. The van der Waals surface area contributed by atoms with Crippen LogP contribution in [0.5, 0.6) is 0 Å². The number of carbonyl (C=O) groups is 3. The van der Waals surface area contributed by atoms with Crippen LogP contribution < -0.4 is 16.0 Å². The highest BCUT2D eigenvalue weighted by atomic mass is 19.1. The summed E-state index contributed by atoms with van der Waals surface area (Å²) in [6.45, 7) is 3.30.